The third-order valence-electron chi connectivity index (χ3n) is 3.18. The van der Waals surface area contributed by atoms with Crippen molar-refractivity contribution in [1.29, 1.82) is 0 Å². The summed E-state index contributed by atoms with van der Waals surface area (Å²) < 4.78 is 4.82. The molecular formula is C13H17NO2. The fourth-order valence-electron chi connectivity index (χ4n) is 2.29. The third-order valence-corrected chi connectivity index (χ3v) is 3.18. The van der Waals surface area contributed by atoms with E-state index in [1.165, 1.54) is 12.7 Å². The van der Waals surface area contributed by atoms with Gasteiger partial charge in [0.05, 0.1) is 13.0 Å². The van der Waals surface area contributed by atoms with E-state index in [0.717, 1.165) is 19.5 Å². The molecular weight excluding hydrogens is 202 g/mol. The highest BCUT2D eigenvalue weighted by Crippen LogP contribution is 2.22. The molecule has 0 bridgehead atoms. The Kier molecular flexibility index (Phi) is 3.57. The van der Waals surface area contributed by atoms with Gasteiger partial charge in [-0.1, -0.05) is 30.3 Å². The first-order chi connectivity index (χ1) is 7.81. The van der Waals surface area contributed by atoms with E-state index >= 15 is 0 Å². The topological polar surface area (TPSA) is 38.3 Å². The van der Waals surface area contributed by atoms with Crippen molar-refractivity contribution in [2.75, 3.05) is 20.2 Å². The highest BCUT2D eigenvalue weighted by molar-refractivity contribution is 5.73. The molecule has 1 saturated heterocycles. The molecule has 3 nitrogen and oxygen atoms in total. The lowest BCUT2D eigenvalue weighted by Gasteiger charge is -2.16. The molecule has 1 aromatic rings. The minimum absolute atomic E-state index is 0.00482. The van der Waals surface area contributed by atoms with Crippen LogP contribution in [0.2, 0.25) is 0 Å². The molecule has 0 amide bonds. The van der Waals surface area contributed by atoms with Gasteiger partial charge in [-0.3, -0.25) is 4.79 Å². The van der Waals surface area contributed by atoms with Gasteiger partial charge in [0.15, 0.2) is 0 Å². The standard InChI is InChI=1S/C13H17NO2/c1-16-13(15)12-9-14-8-11(12)7-10-5-3-2-4-6-10/h2-6,11-12,14H,7-9H2,1H3. The normalized spacial score (nSPS) is 24.3. The van der Waals surface area contributed by atoms with E-state index in [0.29, 0.717) is 5.92 Å². The fourth-order valence-corrected chi connectivity index (χ4v) is 2.29. The average molecular weight is 219 g/mol. The summed E-state index contributed by atoms with van der Waals surface area (Å²) in [5, 5.41) is 3.26. The number of carbonyl (C=O) groups excluding carboxylic acids is 1. The number of carbonyl (C=O) groups is 1. The molecule has 86 valence electrons. The monoisotopic (exact) mass is 219 g/mol. The molecule has 0 aromatic heterocycles. The van der Waals surface area contributed by atoms with Crippen LogP contribution < -0.4 is 5.32 Å². The quantitative estimate of drug-likeness (QED) is 0.777. The summed E-state index contributed by atoms with van der Waals surface area (Å²) in [6.07, 6.45) is 0.938. The highest BCUT2D eigenvalue weighted by Gasteiger charge is 2.33. The van der Waals surface area contributed by atoms with Crippen LogP contribution in [0.1, 0.15) is 5.56 Å². The van der Waals surface area contributed by atoms with Crippen molar-refractivity contribution in [3.63, 3.8) is 0 Å². The molecule has 1 heterocycles. The van der Waals surface area contributed by atoms with Crippen LogP contribution in [0.5, 0.6) is 0 Å². The Morgan fingerprint density at radius 2 is 2.12 bits per heavy atom. The molecule has 1 aliphatic heterocycles. The summed E-state index contributed by atoms with van der Waals surface area (Å²) in [5.74, 6) is 0.269. The summed E-state index contributed by atoms with van der Waals surface area (Å²) in [7, 11) is 1.46. The van der Waals surface area contributed by atoms with Gasteiger partial charge in [0.25, 0.3) is 0 Å². The maximum absolute atomic E-state index is 11.6. The Morgan fingerprint density at radius 1 is 1.38 bits per heavy atom. The van der Waals surface area contributed by atoms with Crippen molar-refractivity contribution in [2.24, 2.45) is 11.8 Å². The first-order valence-electron chi connectivity index (χ1n) is 5.63. The molecule has 2 rings (SSSR count). The van der Waals surface area contributed by atoms with Crippen molar-refractivity contribution in [3.8, 4) is 0 Å². The number of rotatable bonds is 3. The minimum Gasteiger partial charge on any atom is -0.469 e. The van der Waals surface area contributed by atoms with Gasteiger partial charge in [0, 0.05) is 6.54 Å². The average Bonchev–Trinajstić information content (AvgIpc) is 2.77. The van der Waals surface area contributed by atoms with Crippen molar-refractivity contribution in [2.45, 2.75) is 6.42 Å². The number of hydrogen-bond donors (Lipinski definition) is 1. The van der Waals surface area contributed by atoms with Crippen LogP contribution in [0.4, 0.5) is 0 Å². The highest BCUT2D eigenvalue weighted by atomic mass is 16.5. The van der Waals surface area contributed by atoms with Crippen LogP contribution in [0.3, 0.4) is 0 Å². The molecule has 0 radical (unpaired) electrons. The maximum atomic E-state index is 11.6. The molecule has 2 atom stereocenters. The van der Waals surface area contributed by atoms with Crippen LogP contribution >= 0.6 is 0 Å². The first kappa shape index (κ1) is 11.1. The molecule has 1 N–H and O–H groups in total. The van der Waals surface area contributed by atoms with Gasteiger partial charge in [0.2, 0.25) is 0 Å². The van der Waals surface area contributed by atoms with E-state index in [9.17, 15) is 4.79 Å². The van der Waals surface area contributed by atoms with Crippen LogP contribution in [0.15, 0.2) is 30.3 Å². The largest absolute Gasteiger partial charge is 0.469 e. The third kappa shape index (κ3) is 2.42. The van der Waals surface area contributed by atoms with Crippen LogP contribution in [-0.4, -0.2) is 26.2 Å². The number of esters is 1. The second-order valence-electron chi connectivity index (χ2n) is 4.24. The predicted molar refractivity (Wildman–Crippen MR) is 62.0 cm³/mol. The van der Waals surface area contributed by atoms with Crippen molar-refractivity contribution in [1.82, 2.24) is 5.32 Å². The van der Waals surface area contributed by atoms with E-state index < -0.39 is 0 Å². The van der Waals surface area contributed by atoms with E-state index in [1.807, 2.05) is 18.2 Å². The zero-order valence-electron chi connectivity index (χ0n) is 9.48. The van der Waals surface area contributed by atoms with Gasteiger partial charge in [0.1, 0.15) is 0 Å². The van der Waals surface area contributed by atoms with Crippen molar-refractivity contribution < 1.29 is 9.53 Å². The summed E-state index contributed by atoms with van der Waals surface area (Å²) in [5.41, 5.74) is 1.28. The van der Waals surface area contributed by atoms with E-state index in [1.54, 1.807) is 0 Å². The minimum atomic E-state index is -0.0917. The Morgan fingerprint density at radius 3 is 2.81 bits per heavy atom. The fraction of sp³-hybridized carbons (Fsp3) is 0.462. The van der Waals surface area contributed by atoms with Crippen LogP contribution in [-0.2, 0) is 16.0 Å². The first-order valence-corrected chi connectivity index (χ1v) is 5.63. The second kappa shape index (κ2) is 5.12. The Hall–Kier alpha value is -1.35. The molecule has 16 heavy (non-hydrogen) atoms. The lowest BCUT2D eigenvalue weighted by Crippen LogP contribution is -2.25. The summed E-state index contributed by atoms with van der Waals surface area (Å²) in [6.45, 7) is 1.64. The Bertz CT molecular complexity index is 350. The number of benzene rings is 1. The van der Waals surface area contributed by atoms with E-state index in [2.05, 4.69) is 17.4 Å². The molecule has 0 saturated carbocycles. The van der Waals surface area contributed by atoms with E-state index in [4.69, 9.17) is 4.74 Å². The molecule has 0 aliphatic carbocycles. The molecule has 1 aromatic carbocycles. The maximum Gasteiger partial charge on any atom is 0.310 e. The van der Waals surface area contributed by atoms with Gasteiger partial charge in [-0.25, -0.2) is 0 Å². The summed E-state index contributed by atoms with van der Waals surface area (Å²) in [6, 6.07) is 10.3. The van der Waals surface area contributed by atoms with Gasteiger partial charge >= 0.3 is 5.97 Å². The van der Waals surface area contributed by atoms with Gasteiger partial charge < -0.3 is 10.1 Å². The van der Waals surface area contributed by atoms with Crippen molar-refractivity contribution >= 4 is 5.97 Å². The lowest BCUT2D eigenvalue weighted by molar-refractivity contribution is -0.146. The van der Waals surface area contributed by atoms with Crippen LogP contribution in [0.25, 0.3) is 0 Å². The summed E-state index contributed by atoms with van der Waals surface area (Å²) >= 11 is 0. The van der Waals surface area contributed by atoms with Gasteiger partial charge in [-0.15, -0.1) is 0 Å². The lowest BCUT2D eigenvalue weighted by atomic mass is 9.90. The summed E-state index contributed by atoms with van der Waals surface area (Å²) in [4.78, 5) is 11.6. The number of hydrogen-bond acceptors (Lipinski definition) is 3. The smallest absolute Gasteiger partial charge is 0.310 e. The molecule has 0 spiro atoms. The zero-order chi connectivity index (χ0) is 11.4. The predicted octanol–water partition coefficient (Wildman–Crippen LogP) is 1.24. The SMILES string of the molecule is COC(=O)C1CNCC1Cc1ccccc1. The van der Waals surface area contributed by atoms with Crippen molar-refractivity contribution in [3.05, 3.63) is 35.9 Å². The molecule has 1 aliphatic rings. The molecule has 3 heteroatoms. The van der Waals surface area contributed by atoms with E-state index in [-0.39, 0.29) is 11.9 Å². The molecule has 2 unspecified atom stereocenters. The van der Waals surface area contributed by atoms with Gasteiger partial charge in [-0.05, 0) is 24.4 Å². The van der Waals surface area contributed by atoms with Gasteiger partial charge in [-0.2, -0.15) is 0 Å². The zero-order valence-corrected chi connectivity index (χ0v) is 9.48. The number of methoxy groups -OCH3 is 1. The Balaban J connectivity index is 2.01. The van der Waals surface area contributed by atoms with Crippen LogP contribution in [0, 0.1) is 11.8 Å². The number of ether oxygens (including phenoxy) is 1. The number of nitrogens with one attached hydrogen (secondary N) is 1. The Labute approximate surface area is 95.8 Å². The molecule has 1 fully saturated rings. The second-order valence-corrected chi connectivity index (χ2v) is 4.24.